The topological polar surface area (TPSA) is 108 Å². The highest BCUT2D eigenvalue weighted by atomic mass is 19.1. The molecule has 2 amide bonds. The van der Waals surface area contributed by atoms with E-state index >= 15 is 0 Å². The van der Waals surface area contributed by atoms with Gasteiger partial charge < -0.3 is 15.4 Å². The first-order chi connectivity index (χ1) is 12.5. The largest absolute Gasteiger partial charge is 0.454 e. The standard InChI is InChI=1S/C18H14FN3O4/c19-14-5-2-4-13(8-14)18(25)21-10-17(24)26-11-16(23)22-15-6-1-3-12(7-15)9-20/h1-8H,10-11H2,(H,21,25)(H,22,23). The van der Waals surface area contributed by atoms with Gasteiger partial charge in [-0.25, -0.2) is 4.39 Å². The van der Waals surface area contributed by atoms with Gasteiger partial charge in [0.15, 0.2) is 6.61 Å². The Labute approximate surface area is 148 Å². The smallest absolute Gasteiger partial charge is 0.325 e. The highest BCUT2D eigenvalue weighted by Gasteiger charge is 2.11. The van der Waals surface area contributed by atoms with E-state index in [0.717, 1.165) is 6.07 Å². The van der Waals surface area contributed by atoms with Gasteiger partial charge in [0.1, 0.15) is 12.4 Å². The number of nitrogens with one attached hydrogen (secondary N) is 2. The van der Waals surface area contributed by atoms with Gasteiger partial charge >= 0.3 is 5.97 Å². The van der Waals surface area contributed by atoms with Crippen LogP contribution in [0.4, 0.5) is 10.1 Å². The summed E-state index contributed by atoms with van der Waals surface area (Å²) in [6, 6.07) is 13.2. The number of anilines is 1. The van der Waals surface area contributed by atoms with Crippen LogP contribution in [0.25, 0.3) is 0 Å². The molecule has 0 radical (unpaired) electrons. The molecular weight excluding hydrogens is 341 g/mol. The van der Waals surface area contributed by atoms with Gasteiger partial charge in [0.2, 0.25) is 0 Å². The predicted molar refractivity (Wildman–Crippen MR) is 89.5 cm³/mol. The lowest BCUT2D eigenvalue weighted by Crippen LogP contribution is -2.32. The number of carbonyl (C=O) groups excluding carboxylic acids is 3. The molecule has 0 saturated carbocycles. The predicted octanol–water partition coefficient (Wildman–Crippen LogP) is 1.61. The Bertz CT molecular complexity index is 877. The molecule has 2 N–H and O–H groups in total. The highest BCUT2D eigenvalue weighted by Crippen LogP contribution is 2.09. The van der Waals surface area contributed by atoms with Gasteiger partial charge in [0.05, 0.1) is 11.6 Å². The third kappa shape index (κ3) is 5.72. The van der Waals surface area contributed by atoms with Gasteiger partial charge in [-0.3, -0.25) is 14.4 Å². The second-order valence-corrected chi connectivity index (χ2v) is 5.09. The van der Waals surface area contributed by atoms with E-state index in [-0.39, 0.29) is 5.56 Å². The highest BCUT2D eigenvalue weighted by molar-refractivity contribution is 5.96. The maximum Gasteiger partial charge on any atom is 0.325 e. The van der Waals surface area contributed by atoms with E-state index < -0.39 is 36.8 Å². The molecule has 8 heteroatoms. The van der Waals surface area contributed by atoms with Crippen molar-refractivity contribution in [3.63, 3.8) is 0 Å². The first-order valence-corrected chi connectivity index (χ1v) is 7.47. The molecule has 0 unspecified atom stereocenters. The summed E-state index contributed by atoms with van der Waals surface area (Å²) in [4.78, 5) is 35.0. The van der Waals surface area contributed by atoms with Crippen LogP contribution in [0.5, 0.6) is 0 Å². The van der Waals surface area contributed by atoms with E-state index in [1.807, 2.05) is 6.07 Å². The van der Waals surface area contributed by atoms with Crippen molar-refractivity contribution < 1.29 is 23.5 Å². The van der Waals surface area contributed by atoms with Crippen molar-refractivity contribution in [3.05, 3.63) is 65.5 Å². The van der Waals surface area contributed by atoms with Gasteiger partial charge in [0.25, 0.3) is 11.8 Å². The summed E-state index contributed by atoms with van der Waals surface area (Å²) in [7, 11) is 0. The second kappa shape index (κ2) is 8.94. The Morgan fingerprint density at radius 2 is 1.88 bits per heavy atom. The van der Waals surface area contributed by atoms with E-state index in [9.17, 15) is 18.8 Å². The molecule has 7 nitrogen and oxygen atoms in total. The summed E-state index contributed by atoms with van der Waals surface area (Å²) >= 11 is 0. The average molecular weight is 355 g/mol. The number of hydrogen-bond acceptors (Lipinski definition) is 5. The van der Waals surface area contributed by atoms with Gasteiger partial charge in [-0.1, -0.05) is 12.1 Å². The molecule has 0 aromatic heterocycles. The Morgan fingerprint density at radius 3 is 2.62 bits per heavy atom. The third-order valence-electron chi connectivity index (χ3n) is 3.12. The lowest BCUT2D eigenvalue weighted by Gasteiger charge is -2.08. The number of amides is 2. The lowest BCUT2D eigenvalue weighted by molar-refractivity contribution is -0.146. The van der Waals surface area contributed by atoms with Crippen LogP contribution in [-0.2, 0) is 14.3 Å². The molecule has 0 aliphatic rings. The molecule has 0 bridgehead atoms. The van der Waals surface area contributed by atoms with Crippen molar-refractivity contribution in [3.8, 4) is 6.07 Å². The zero-order valence-electron chi connectivity index (χ0n) is 13.5. The second-order valence-electron chi connectivity index (χ2n) is 5.09. The fourth-order valence-electron chi connectivity index (χ4n) is 1.94. The zero-order chi connectivity index (χ0) is 18.9. The number of nitrogens with zero attached hydrogens (tertiary/aromatic N) is 1. The molecule has 0 saturated heterocycles. The normalized spacial score (nSPS) is 9.69. The first kappa shape index (κ1) is 18.6. The van der Waals surface area contributed by atoms with Gasteiger partial charge in [0, 0.05) is 11.3 Å². The summed E-state index contributed by atoms with van der Waals surface area (Å²) in [5.41, 5.74) is 0.831. The number of hydrogen-bond donors (Lipinski definition) is 2. The molecular formula is C18H14FN3O4. The fraction of sp³-hybridized carbons (Fsp3) is 0.111. The Balaban J connectivity index is 1.75. The summed E-state index contributed by atoms with van der Waals surface area (Å²) < 4.78 is 17.8. The minimum absolute atomic E-state index is 0.0629. The number of carbonyl (C=O) groups is 3. The van der Waals surface area contributed by atoms with Crippen LogP contribution in [-0.4, -0.2) is 30.9 Å². The molecule has 0 fully saturated rings. The molecule has 2 aromatic carbocycles. The molecule has 2 rings (SSSR count). The van der Waals surface area contributed by atoms with E-state index in [4.69, 9.17) is 10.00 Å². The number of rotatable bonds is 6. The third-order valence-corrected chi connectivity index (χ3v) is 3.12. The molecule has 0 heterocycles. The zero-order valence-corrected chi connectivity index (χ0v) is 13.5. The molecule has 0 aliphatic carbocycles. The first-order valence-electron chi connectivity index (χ1n) is 7.47. The van der Waals surface area contributed by atoms with Crippen molar-refractivity contribution >= 4 is 23.5 Å². The Kier molecular flexibility index (Phi) is 6.40. The van der Waals surface area contributed by atoms with Crippen LogP contribution in [0.15, 0.2) is 48.5 Å². The molecule has 26 heavy (non-hydrogen) atoms. The molecule has 0 aliphatic heterocycles. The number of ether oxygens (including phenoxy) is 1. The minimum Gasteiger partial charge on any atom is -0.454 e. The molecule has 132 valence electrons. The van der Waals surface area contributed by atoms with Crippen LogP contribution in [0.3, 0.4) is 0 Å². The number of esters is 1. The van der Waals surface area contributed by atoms with Gasteiger partial charge in [-0.05, 0) is 36.4 Å². The van der Waals surface area contributed by atoms with Crippen LogP contribution < -0.4 is 10.6 Å². The summed E-state index contributed by atoms with van der Waals surface area (Å²) in [5, 5.41) is 13.5. The summed E-state index contributed by atoms with van der Waals surface area (Å²) in [6.07, 6.45) is 0. The SMILES string of the molecule is N#Cc1cccc(NC(=O)COC(=O)CNC(=O)c2cccc(F)c2)c1. The molecule has 0 spiro atoms. The van der Waals surface area contributed by atoms with E-state index in [0.29, 0.717) is 11.3 Å². The van der Waals surface area contributed by atoms with Crippen LogP contribution >= 0.6 is 0 Å². The van der Waals surface area contributed by atoms with Crippen molar-refractivity contribution in [2.45, 2.75) is 0 Å². The van der Waals surface area contributed by atoms with E-state index in [2.05, 4.69) is 10.6 Å². The number of halogens is 1. The minimum atomic E-state index is -0.823. The average Bonchev–Trinajstić information content (AvgIpc) is 2.64. The fourth-order valence-corrected chi connectivity index (χ4v) is 1.94. The quantitative estimate of drug-likeness (QED) is 0.765. The molecule has 0 atom stereocenters. The number of nitriles is 1. The van der Waals surface area contributed by atoms with Crippen LogP contribution in [0.2, 0.25) is 0 Å². The van der Waals surface area contributed by atoms with Gasteiger partial charge in [-0.2, -0.15) is 5.26 Å². The monoisotopic (exact) mass is 355 g/mol. The summed E-state index contributed by atoms with van der Waals surface area (Å²) in [6.45, 7) is -1.02. The lowest BCUT2D eigenvalue weighted by atomic mass is 10.2. The van der Waals surface area contributed by atoms with E-state index in [1.165, 1.54) is 24.3 Å². The maximum absolute atomic E-state index is 13.0. The Hall–Kier alpha value is -3.73. The van der Waals surface area contributed by atoms with Crippen LogP contribution in [0.1, 0.15) is 15.9 Å². The van der Waals surface area contributed by atoms with Crippen molar-refractivity contribution in [1.82, 2.24) is 5.32 Å². The van der Waals surface area contributed by atoms with Crippen molar-refractivity contribution in [2.75, 3.05) is 18.5 Å². The van der Waals surface area contributed by atoms with E-state index in [1.54, 1.807) is 18.2 Å². The Morgan fingerprint density at radius 1 is 1.12 bits per heavy atom. The van der Waals surface area contributed by atoms with Crippen molar-refractivity contribution in [2.24, 2.45) is 0 Å². The maximum atomic E-state index is 13.0. The van der Waals surface area contributed by atoms with Gasteiger partial charge in [-0.15, -0.1) is 0 Å². The van der Waals surface area contributed by atoms with Crippen molar-refractivity contribution in [1.29, 1.82) is 5.26 Å². The van der Waals surface area contributed by atoms with Crippen LogP contribution in [0, 0.1) is 17.1 Å². The summed E-state index contributed by atoms with van der Waals surface area (Å²) in [5.74, 6) is -2.63. The number of benzene rings is 2. The molecule has 2 aromatic rings.